The minimum atomic E-state index is -0.299. The molecule has 3 aromatic rings. The lowest BCUT2D eigenvalue weighted by Gasteiger charge is -2.04. The maximum absolute atomic E-state index is 11.9. The van der Waals surface area contributed by atoms with Crippen molar-refractivity contribution in [3.05, 3.63) is 71.4 Å². The molecule has 4 heteroatoms. The molecular formula is C16H15N3O. The number of carbonyl (C=O) groups excluding carboxylic acids is 1. The van der Waals surface area contributed by atoms with Gasteiger partial charge in [0.05, 0.1) is 0 Å². The molecule has 0 radical (unpaired) electrons. The Labute approximate surface area is 116 Å². The first-order chi connectivity index (χ1) is 9.79. The molecule has 4 nitrogen and oxygen atoms in total. The van der Waals surface area contributed by atoms with Gasteiger partial charge in [0.25, 0.3) is 5.91 Å². The molecule has 1 heterocycles. The highest BCUT2D eigenvalue weighted by molar-refractivity contribution is 6.01. The van der Waals surface area contributed by atoms with E-state index in [-0.39, 0.29) is 5.91 Å². The first kappa shape index (κ1) is 12.4. The van der Waals surface area contributed by atoms with Crippen LogP contribution in [0.3, 0.4) is 0 Å². The van der Waals surface area contributed by atoms with Gasteiger partial charge in [-0.05, 0) is 17.2 Å². The Balaban J connectivity index is 2.13. The van der Waals surface area contributed by atoms with E-state index in [4.69, 9.17) is 5.84 Å². The lowest BCUT2D eigenvalue weighted by molar-refractivity contribution is 0.0948. The van der Waals surface area contributed by atoms with E-state index >= 15 is 0 Å². The average molecular weight is 265 g/mol. The fraction of sp³-hybridized carbons (Fsp3) is 0.0625. The minimum absolute atomic E-state index is 0.299. The van der Waals surface area contributed by atoms with Crippen molar-refractivity contribution < 1.29 is 4.79 Å². The molecule has 0 atom stereocenters. The Bertz CT molecular complexity index is 747. The number of carbonyl (C=O) groups is 1. The second-order valence-corrected chi connectivity index (χ2v) is 4.66. The van der Waals surface area contributed by atoms with Gasteiger partial charge in [0.15, 0.2) is 0 Å². The van der Waals surface area contributed by atoms with Crippen molar-refractivity contribution >= 4 is 16.8 Å². The quantitative estimate of drug-likeness (QED) is 0.386. The van der Waals surface area contributed by atoms with Gasteiger partial charge in [-0.2, -0.15) is 0 Å². The molecule has 2 aromatic carbocycles. The number of rotatable bonds is 3. The van der Waals surface area contributed by atoms with Gasteiger partial charge < -0.3 is 4.98 Å². The van der Waals surface area contributed by atoms with Crippen LogP contribution < -0.4 is 11.3 Å². The monoisotopic (exact) mass is 265 g/mol. The number of para-hydroxylation sites is 1. The predicted octanol–water partition coefficient (Wildman–Crippen LogP) is 2.36. The van der Waals surface area contributed by atoms with Gasteiger partial charge in [-0.25, -0.2) is 5.84 Å². The number of hydrogen-bond acceptors (Lipinski definition) is 2. The predicted molar refractivity (Wildman–Crippen MR) is 79.2 cm³/mol. The van der Waals surface area contributed by atoms with Crippen molar-refractivity contribution in [2.24, 2.45) is 5.84 Å². The SMILES string of the molecule is NNC(=O)c1[nH]c2ccccc2c1Cc1ccccc1. The van der Waals surface area contributed by atoms with E-state index in [1.54, 1.807) is 0 Å². The highest BCUT2D eigenvalue weighted by Gasteiger charge is 2.16. The van der Waals surface area contributed by atoms with E-state index in [9.17, 15) is 4.79 Å². The summed E-state index contributed by atoms with van der Waals surface area (Å²) in [6, 6.07) is 17.9. The number of nitrogens with one attached hydrogen (secondary N) is 2. The molecular weight excluding hydrogens is 250 g/mol. The molecule has 100 valence electrons. The number of nitrogen functional groups attached to an aromatic ring is 1. The molecule has 0 aliphatic heterocycles. The summed E-state index contributed by atoms with van der Waals surface area (Å²) in [6.45, 7) is 0. The Hall–Kier alpha value is -2.59. The Morgan fingerprint density at radius 2 is 1.75 bits per heavy atom. The second-order valence-electron chi connectivity index (χ2n) is 4.66. The van der Waals surface area contributed by atoms with E-state index in [0.29, 0.717) is 12.1 Å². The van der Waals surface area contributed by atoms with Gasteiger partial charge in [-0.3, -0.25) is 10.2 Å². The number of fused-ring (bicyclic) bond motifs is 1. The fourth-order valence-corrected chi connectivity index (χ4v) is 2.45. The van der Waals surface area contributed by atoms with E-state index in [1.165, 1.54) is 0 Å². The largest absolute Gasteiger partial charge is 0.350 e. The van der Waals surface area contributed by atoms with E-state index in [1.807, 2.05) is 54.6 Å². The molecule has 0 saturated heterocycles. The Kier molecular flexibility index (Phi) is 3.23. The van der Waals surface area contributed by atoms with Crippen LogP contribution in [0.1, 0.15) is 21.6 Å². The molecule has 4 N–H and O–H groups in total. The zero-order valence-corrected chi connectivity index (χ0v) is 10.9. The molecule has 1 aromatic heterocycles. The molecule has 1 amide bonds. The molecule has 20 heavy (non-hydrogen) atoms. The van der Waals surface area contributed by atoms with Crippen LogP contribution >= 0.6 is 0 Å². The van der Waals surface area contributed by atoms with Gasteiger partial charge in [-0.1, -0.05) is 48.5 Å². The topological polar surface area (TPSA) is 70.9 Å². The third kappa shape index (κ3) is 2.17. The number of H-pyrrole nitrogens is 1. The molecule has 0 saturated carbocycles. The zero-order valence-electron chi connectivity index (χ0n) is 10.9. The zero-order chi connectivity index (χ0) is 13.9. The number of nitrogens with two attached hydrogens (primary N) is 1. The molecule has 0 unspecified atom stereocenters. The third-order valence-electron chi connectivity index (χ3n) is 3.40. The Morgan fingerprint density at radius 1 is 1.05 bits per heavy atom. The highest BCUT2D eigenvalue weighted by atomic mass is 16.2. The fourth-order valence-electron chi connectivity index (χ4n) is 2.45. The minimum Gasteiger partial charge on any atom is -0.350 e. The molecule has 0 spiro atoms. The molecule has 0 aliphatic carbocycles. The lowest BCUT2D eigenvalue weighted by atomic mass is 10.0. The summed E-state index contributed by atoms with van der Waals surface area (Å²) in [6.07, 6.45) is 0.688. The van der Waals surface area contributed by atoms with Crippen molar-refractivity contribution in [2.75, 3.05) is 0 Å². The molecule has 0 aliphatic rings. The lowest BCUT2D eigenvalue weighted by Crippen LogP contribution is -2.31. The van der Waals surface area contributed by atoms with Crippen LogP contribution in [0.2, 0.25) is 0 Å². The van der Waals surface area contributed by atoms with Gasteiger partial charge in [0, 0.05) is 17.3 Å². The van der Waals surface area contributed by atoms with Crippen molar-refractivity contribution in [3.8, 4) is 0 Å². The number of benzene rings is 2. The summed E-state index contributed by atoms with van der Waals surface area (Å²) in [5.74, 6) is 4.97. The third-order valence-corrected chi connectivity index (χ3v) is 3.40. The van der Waals surface area contributed by atoms with Gasteiger partial charge in [0.2, 0.25) is 0 Å². The summed E-state index contributed by atoms with van der Waals surface area (Å²) in [7, 11) is 0. The number of aromatic amines is 1. The van der Waals surface area contributed by atoms with Crippen molar-refractivity contribution in [1.29, 1.82) is 0 Å². The van der Waals surface area contributed by atoms with Crippen LogP contribution in [0.15, 0.2) is 54.6 Å². The van der Waals surface area contributed by atoms with Crippen LogP contribution in [-0.2, 0) is 6.42 Å². The standard InChI is InChI=1S/C16H15N3O/c17-19-16(20)15-13(10-11-6-2-1-3-7-11)12-8-4-5-9-14(12)18-15/h1-9,18H,10,17H2,(H,19,20). The Morgan fingerprint density at radius 3 is 2.50 bits per heavy atom. The first-order valence-corrected chi connectivity index (χ1v) is 6.44. The normalized spacial score (nSPS) is 10.7. The van der Waals surface area contributed by atoms with E-state index in [2.05, 4.69) is 10.4 Å². The van der Waals surface area contributed by atoms with E-state index < -0.39 is 0 Å². The van der Waals surface area contributed by atoms with Crippen molar-refractivity contribution in [1.82, 2.24) is 10.4 Å². The van der Waals surface area contributed by atoms with Crippen LogP contribution in [0.4, 0.5) is 0 Å². The summed E-state index contributed by atoms with van der Waals surface area (Å²) < 4.78 is 0. The van der Waals surface area contributed by atoms with Crippen LogP contribution in [-0.4, -0.2) is 10.9 Å². The van der Waals surface area contributed by atoms with Crippen molar-refractivity contribution in [3.63, 3.8) is 0 Å². The van der Waals surface area contributed by atoms with Gasteiger partial charge in [-0.15, -0.1) is 0 Å². The molecule has 0 fully saturated rings. The van der Waals surface area contributed by atoms with Crippen LogP contribution in [0, 0.1) is 0 Å². The van der Waals surface area contributed by atoms with Crippen LogP contribution in [0.25, 0.3) is 10.9 Å². The molecule has 3 rings (SSSR count). The van der Waals surface area contributed by atoms with Gasteiger partial charge >= 0.3 is 0 Å². The van der Waals surface area contributed by atoms with Gasteiger partial charge in [0.1, 0.15) is 5.69 Å². The average Bonchev–Trinajstić information content (AvgIpc) is 2.86. The van der Waals surface area contributed by atoms with Crippen LogP contribution in [0.5, 0.6) is 0 Å². The number of hydrazine groups is 1. The summed E-state index contributed by atoms with van der Waals surface area (Å²) >= 11 is 0. The smallest absolute Gasteiger partial charge is 0.281 e. The van der Waals surface area contributed by atoms with Crippen molar-refractivity contribution in [2.45, 2.75) is 6.42 Å². The second kappa shape index (κ2) is 5.19. The number of hydrogen-bond donors (Lipinski definition) is 3. The first-order valence-electron chi connectivity index (χ1n) is 6.44. The number of aromatic nitrogens is 1. The maximum Gasteiger partial charge on any atom is 0.281 e. The summed E-state index contributed by atoms with van der Waals surface area (Å²) in [4.78, 5) is 15.1. The van der Waals surface area contributed by atoms with E-state index in [0.717, 1.165) is 22.0 Å². The molecule has 0 bridgehead atoms. The summed E-state index contributed by atoms with van der Waals surface area (Å²) in [5, 5.41) is 1.05. The highest BCUT2D eigenvalue weighted by Crippen LogP contribution is 2.25. The number of amides is 1. The maximum atomic E-state index is 11.9. The summed E-state index contributed by atoms with van der Waals surface area (Å²) in [5.41, 5.74) is 5.79.